The molecule has 32 heavy (non-hydrogen) atoms. The predicted molar refractivity (Wildman–Crippen MR) is 125 cm³/mol. The summed E-state index contributed by atoms with van der Waals surface area (Å²) >= 11 is 1.38. The number of aromatic nitrogens is 2. The van der Waals surface area contributed by atoms with Crippen LogP contribution in [0.5, 0.6) is 0 Å². The lowest BCUT2D eigenvalue weighted by Crippen LogP contribution is -2.28. The number of thioether (sulfide) groups is 1. The van der Waals surface area contributed by atoms with Crippen LogP contribution in [0.25, 0.3) is 5.69 Å². The molecule has 3 aromatic rings. The van der Waals surface area contributed by atoms with E-state index in [0.29, 0.717) is 24.5 Å². The van der Waals surface area contributed by atoms with Gasteiger partial charge in [0, 0.05) is 32.0 Å². The van der Waals surface area contributed by atoms with Gasteiger partial charge in [-0.25, -0.2) is 13.4 Å². The summed E-state index contributed by atoms with van der Waals surface area (Å²) in [6.07, 6.45) is 5.43. The van der Waals surface area contributed by atoms with Gasteiger partial charge in [0.15, 0.2) is 5.16 Å². The zero-order valence-electron chi connectivity index (χ0n) is 17.9. The fourth-order valence-electron chi connectivity index (χ4n) is 3.65. The van der Waals surface area contributed by atoms with Gasteiger partial charge < -0.3 is 5.32 Å². The van der Waals surface area contributed by atoms with Crippen LogP contribution in [0.4, 0.5) is 0 Å². The summed E-state index contributed by atoms with van der Waals surface area (Å²) in [5.74, 6) is 0.132. The number of benzene rings is 2. The highest BCUT2D eigenvalue weighted by Crippen LogP contribution is 2.23. The number of aryl methyl sites for hydroxylation is 1. The normalized spacial score (nSPS) is 14.5. The van der Waals surface area contributed by atoms with E-state index in [2.05, 4.69) is 10.3 Å². The number of amides is 1. The summed E-state index contributed by atoms with van der Waals surface area (Å²) in [5, 5.41) is 3.64. The van der Waals surface area contributed by atoms with Gasteiger partial charge in [-0.2, -0.15) is 4.31 Å². The maximum Gasteiger partial charge on any atom is 0.243 e. The third-order valence-electron chi connectivity index (χ3n) is 5.43. The van der Waals surface area contributed by atoms with Crippen LogP contribution in [0.3, 0.4) is 0 Å². The number of carbonyl (C=O) groups excluding carboxylic acids is 1. The van der Waals surface area contributed by atoms with Gasteiger partial charge in [0.2, 0.25) is 15.9 Å². The number of hydrogen-bond donors (Lipinski definition) is 1. The molecule has 4 rings (SSSR count). The van der Waals surface area contributed by atoms with E-state index >= 15 is 0 Å². The van der Waals surface area contributed by atoms with E-state index in [-0.39, 0.29) is 11.7 Å². The second-order valence-corrected chi connectivity index (χ2v) is 10.6. The highest BCUT2D eigenvalue weighted by Gasteiger charge is 2.26. The molecule has 0 atom stereocenters. The number of nitrogens with zero attached hydrogens (tertiary/aromatic N) is 3. The Hall–Kier alpha value is -2.62. The largest absolute Gasteiger partial charge is 0.351 e. The predicted octanol–water partition coefficient (Wildman–Crippen LogP) is 3.37. The average Bonchev–Trinajstić information content (AvgIpc) is 3.49. The molecule has 2 aromatic carbocycles. The van der Waals surface area contributed by atoms with Crippen LogP contribution in [0.1, 0.15) is 24.0 Å². The Morgan fingerprint density at radius 3 is 2.53 bits per heavy atom. The van der Waals surface area contributed by atoms with E-state index < -0.39 is 10.0 Å². The van der Waals surface area contributed by atoms with Crippen molar-refractivity contribution in [3.8, 4) is 5.69 Å². The van der Waals surface area contributed by atoms with Crippen molar-refractivity contribution < 1.29 is 13.2 Å². The second-order valence-electron chi connectivity index (χ2n) is 7.69. The van der Waals surface area contributed by atoms with Crippen LogP contribution in [-0.2, 0) is 21.4 Å². The Morgan fingerprint density at radius 2 is 1.81 bits per heavy atom. The van der Waals surface area contributed by atoms with Crippen molar-refractivity contribution in [2.45, 2.75) is 36.4 Å². The molecule has 0 radical (unpaired) electrons. The molecule has 0 spiro atoms. The first-order valence-corrected chi connectivity index (χ1v) is 13.0. The number of hydrogen-bond acceptors (Lipinski definition) is 5. The standard InChI is InChI=1S/C23H26N4O3S2/c1-18-6-2-3-7-21(18)27-15-12-24-23(27)31-17-22(28)25-16-19-8-10-20(11-9-19)32(29,30)26-13-4-5-14-26/h2-3,6-12,15H,4-5,13-14,16-17H2,1H3,(H,25,28). The lowest BCUT2D eigenvalue weighted by molar-refractivity contribution is -0.118. The smallest absolute Gasteiger partial charge is 0.243 e. The van der Waals surface area contributed by atoms with Crippen LogP contribution >= 0.6 is 11.8 Å². The minimum absolute atomic E-state index is 0.108. The molecule has 0 unspecified atom stereocenters. The molecular weight excluding hydrogens is 444 g/mol. The molecule has 1 saturated heterocycles. The van der Waals surface area contributed by atoms with Crippen LogP contribution in [0, 0.1) is 6.92 Å². The minimum Gasteiger partial charge on any atom is -0.351 e. The Morgan fingerprint density at radius 1 is 1.09 bits per heavy atom. The third kappa shape index (κ3) is 5.06. The molecule has 0 aliphatic carbocycles. The van der Waals surface area contributed by atoms with Crippen molar-refractivity contribution in [3.63, 3.8) is 0 Å². The molecule has 2 heterocycles. The number of para-hydroxylation sites is 1. The molecule has 1 aliphatic heterocycles. The quantitative estimate of drug-likeness (QED) is 0.510. The minimum atomic E-state index is -3.42. The monoisotopic (exact) mass is 470 g/mol. The Labute approximate surface area is 192 Å². The summed E-state index contributed by atoms with van der Waals surface area (Å²) in [4.78, 5) is 17.0. The summed E-state index contributed by atoms with van der Waals surface area (Å²) < 4.78 is 28.7. The summed E-state index contributed by atoms with van der Waals surface area (Å²) in [6, 6.07) is 14.8. The van der Waals surface area contributed by atoms with Crippen LogP contribution in [0.15, 0.2) is 71.0 Å². The number of imidazole rings is 1. The SMILES string of the molecule is Cc1ccccc1-n1ccnc1SCC(=O)NCc1ccc(S(=O)(=O)N2CCCC2)cc1. The van der Waals surface area contributed by atoms with Crippen molar-refractivity contribution in [2.75, 3.05) is 18.8 Å². The zero-order valence-corrected chi connectivity index (χ0v) is 19.5. The fraction of sp³-hybridized carbons (Fsp3) is 0.304. The number of rotatable bonds is 8. The van der Waals surface area contributed by atoms with Crippen LogP contribution in [0.2, 0.25) is 0 Å². The van der Waals surface area contributed by atoms with Gasteiger partial charge in [-0.1, -0.05) is 42.1 Å². The molecule has 1 aromatic heterocycles. The molecular formula is C23H26N4O3S2. The van der Waals surface area contributed by atoms with Crippen molar-refractivity contribution in [3.05, 3.63) is 72.1 Å². The summed E-state index contributed by atoms with van der Waals surface area (Å²) in [7, 11) is -3.42. The van der Waals surface area contributed by atoms with Gasteiger partial charge in [-0.05, 0) is 49.1 Å². The molecule has 0 saturated carbocycles. The first-order valence-electron chi connectivity index (χ1n) is 10.5. The van der Waals surface area contributed by atoms with Gasteiger partial charge in [-0.15, -0.1) is 0 Å². The number of carbonyl (C=O) groups is 1. The summed E-state index contributed by atoms with van der Waals surface area (Å²) in [5.41, 5.74) is 3.02. The maximum atomic E-state index is 12.6. The fourth-order valence-corrected chi connectivity index (χ4v) is 5.97. The van der Waals surface area contributed by atoms with Crippen molar-refractivity contribution in [1.29, 1.82) is 0 Å². The zero-order chi connectivity index (χ0) is 22.6. The first-order chi connectivity index (χ1) is 15.4. The molecule has 0 bridgehead atoms. The van der Waals surface area contributed by atoms with E-state index in [1.165, 1.54) is 16.1 Å². The van der Waals surface area contributed by atoms with E-state index in [4.69, 9.17) is 0 Å². The number of nitrogens with one attached hydrogen (secondary N) is 1. The molecule has 1 N–H and O–H groups in total. The van der Waals surface area contributed by atoms with E-state index in [0.717, 1.165) is 34.8 Å². The van der Waals surface area contributed by atoms with Crippen LogP contribution in [-0.4, -0.2) is 47.0 Å². The average molecular weight is 471 g/mol. The van der Waals surface area contributed by atoms with Gasteiger partial charge in [0.1, 0.15) is 0 Å². The highest BCUT2D eigenvalue weighted by molar-refractivity contribution is 7.99. The van der Waals surface area contributed by atoms with Crippen molar-refractivity contribution in [1.82, 2.24) is 19.2 Å². The van der Waals surface area contributed by atoms with Crippen molar-refractivity contribution in [2.24, 2.45) is 0 Å². The maximum absolute atomic E-state index is 12.6. The van der Waals surface area contributed by atoms with Crippen LogP contribution < -0.4 is 5.32 Å². The summed E-state index contributed by atoms with van der Waals surface area (Å²) in [6.45, 7) is 3.55. The van der Waals surface area contributed by atoms with Gasteiger partial charge in [0.25, 0.3) is 0 Å². The van der Waals surface area contributed by atoms with Gasteiger partial charge in [0.05, 0.1) is 16.3 Å². The molecule has 168 valence electrons. The van der Waals surface area contributed by atoms with Crippen molar-refractivity contribution >= 4 is 27.7 Å². The molecule has 7 nitrogen and oxygen atoms in total. The number of sulfonamides is 1. The Kier molecular flexibility index (Phi) is 6.98. The molecule has 1 amide bonds. The molecule has 1 fully saturated rings. The van der Waals surface area contributed by atoms with E-state index in [9.17, 15) is 13.2 Å². The first kappa shape index (κ1) is 22.6. The lowest BCUT2D eigenvalue weighted by atomic mass is 10.2. The van der Waals surface area contributed by atoms with Gasteiger partial charge >= 0.3 is 0 Å². The third-order valence-corrected chi connectivity index (χ3v) is 8.31. The highest BCUT2D eigenvalue weighted by atomic mass is 32.2. The Balaban J connectivity index is 1.31. The van der Waals surface area contributed by atoms with E-state index in [1.54, 1.807) is 30.5 Å². The molecule has 1 aliphatic rings. The second kappa shape index (κ2) is 9.89. The van der Waals surface area contributed by atoms with E-state index in [1.807, 2.05) is 42.0 Å². The van der Waals surface area contributed by atoms with Gasteiger partial charge in [-0.3, -0.25) is 9.36 Å². The lowest BCUT2D eigenvalue weighted by Gasteiger charge is -2.15. The molecule has 9 heteroatoms. The topological polar surface area (TPSA) is 84.3 Å². The Bertz CT molecular complexity index is 1180.